The number of hydrogen-bond acceptors (Lipinski definition) is 10. The van der Waals surface area contributed by atoms with Crippen molar-refractivity contribution < 1.29 is 20.1 Å². The summed E-state index contributed by atoms with van der Waals surface area (Å²) in [6.45, 7) is 1.68. The number of aromatic nitrogens is 6. The minimum atomic E-state index is -1.25. The Kier molecular flexibility index (Phi) is 6.43. The van der Waals surface area contributed by atoms with Crippen molar-refractivity contribution in [3.63, 3.8) is 0 Å². The molecule has 0 spiro atoms. The first-order valence-electron chi connectivity index (χ1n) is 9.87. The minimum Gasteiger partial charge on any atom is -0.394 e. The van der Waals surface area contributed by atoms with Crippen LogP contribution >= 0.6 is 11.6 Å². The molecule has 4 heterocycles. The predicted octanol–water partition coefficient (Wildman–Crippen LogP) is 0.603. The van der Waals surface area contributed by atoms with E-state index in [0.717, 1.165) is 25.1 Å². The van der Waals surface area contributed by atoms with Gasteiger partial charge in [0.05, 0.1) is 19.1 Å². The number of hydrazone groups is 1. The summed E-state index contributed by atoms with van der Waals surface area (Å²) in [5.74, 6) is 1.12. The number of unbranched alkanes of at least 4 members (excludes halogenated alkanes) is 1. The Labute approximate surface area is 182 Å². The minimum absolute atomic E-state index is 0.324. The third kappa shape index (κ3) is 4.25. The van der Waals surface area contributed by atoms with Gasteiger partial charge in [-0.25, -0.2) is 19.9 Å². The van der Waals surface area contributed by atoms with Crippen LogP contribution in [0.5, 0.6) is 0 Å². The van der Waals surface area contributed by atoms with E-state index in [1.807, 2.05) is 0 Å². The molecule has 1 aliphatic rings. The van der Waals surface area contributed by atoms with Gasteiger partial charge in [0.1, 0.15) is 41.3 Å². The van der Waals surface area contributed by atoms with Gasteiger partial charge < -0.3 is 25.0 Å². The van der Waals surface area contributed by atoms with Crippen LogP contribution in [0.15, 0.2) is 17.8 Å². The van der Waals surface area contributed by atoms with Crippen molar-refractivity contribution in [3.05, 3.63) is 29.3 Å². The number of rotatable bonds is 8. The second-order valence-electron chi connectivity index (χ2n) is 7.13. The van der Waals surface area contributed by atoms with Gasteiger partial charge in [-0.15, -0.1) is 0 Å². The summed E-state index contributed by atoms with van der Waals surface area (Å²) in [6.07, 6.45) is 2.75. The van der Waals surface area contributed by atoms with E-state index < -0.39 is 31.1 Å². The number of aromatic amines is 1. The molecule has 0 saturated carbocycles. The smallest absolute Gasteiger partial charge is 0.177 e. The lowest BCUT2D eigenvalue weighted by atomic mass is 10.1. The van der Waals surface area contributed by atoms with E-state index in [9.17, 15) is 15.3 Å². The van der Waals surface area contributed by atoms with Crippen LogP contribution in [0.3, 0.4) is 0 Å². The van der Waals surface area contributed by atoms with Gasteiger partial charge in [0.25, 0.3) is 0 Å². The number of halogens is 1. The fourth-order valence-electron chi connectivity index (χ4n) is 3.35. The number of anilines is 1. The van der Waals surface area contributed by atoms with Crippen molar-refractivity contribution in [1.29, 1.82) is 0 Å². The van der Waals surface area contributed by atoms with E-state index in [4.69, 9.17) is 16.3 Å². The molecular formula is C18H23ClN8O4. The van der Waals surface area contributed by atoms with Crippen molar-refractivity contribution in [3.8, 4) is 0 Å². The Morgan fingerprint density at radius 1 is 1.32 bits per heavy atom. The van der Waals surface area contributed by atoms with Crippen molar-refractivity contribution in [2.24, 2.45) is 5.10 Å². The summed E-state index contributed by atoms with van der Waals surface area (Å²) in [5, 5.41) is 34.1. The Morgan fingerprint density at radius 2 is 2.16 bits per heavy atom. The van der Waals surface area contributed by atoms with Crippen LogP contribution in [-0.4, -0.2) is 75.9 Å². The number of aliphatic hydroxyl groups excluding tert-OH is 3. The van der Waals surface area contributed by atoms with E-state index in [1.54, 1.807) is 0 Å². The molecule has 1 aliphatic heterocycles. The molecule has 166 valence electrons. The van der Waals surface area contributed by atoms with Gasteiger partial charge in [-0.3, -0.25) is 9.99 Å². The van der Waals surface area contributed by atoms with E-state index in [2.05, 4.69) is 42.4 Å². The number of aryl methyl sites for hydroxylation is 1. The van der Waals surface area contributed by atoms with Gasteiger partial charge in [-0.1, -0.05) is 24.9 Å². The summed E-state index contributed by atoms with van der Waals surface area (Å²) >= 11 is 6.17. The average molecular weight is 451 g/mol. The van der Waals surface area contributed by atoms with Crippen LogP contribution in [0, 0.1) is 0 Å². The van der Waals surface area contributed by atoms with Gasteiger partial charge in [0.2, 0.25) is 0 Å². The molecular weight excluding hydrogens is 428 g/mol. The lowest BCUT2D eigenvalue weighted by Crippen LogP contribution is -2.33. The number of fused-ring (bicyclic) bond motifs is 1. The Morgan fingerprint density at radius 3 is 2.90 bits per heavy atom. The molecule has 0 aromatic carbocycles. The normalized spacial score (nSPS) is 23.9. The topological polar surface area (TPSA) is 167 Å². The maximum absolute atomic E-state index is 10.3. The molecule has 13 heteroatoms. The molecule has 1 fully saturated rings. The maximum Gasteiger partial charge on any atom is 0.177 e. The van der Waals surface area contributed by atoms with Crippen LogP contribution in [0.25, 0.3) is 11.2 Å². The number of nitrogens with zero attached hydrogens (tertiary/aromatic N) is 6. The Hall–Kier alpha value is -2.64. The standard InChI is InChI=1S/C18H23ClN8O4/c1-2-3-4-11-24-9(15(19)25-11)5-23-26-16-12-17(21-7-20-16)27(8-22-12)18-14(30)13(29)10(6-28)31-18/h5,7-8,10,13-14,18,28-30H,2-4,6H2,1H3,(H,24,25)(H,20,21,26)/b23-5+/t10-,13?,14?,18-/m1/s1. The number of aliphatic hydroxyl groups is 3. The van der Waals surface area contributed by atoms with Crippen molar-refractivity contribution in [2.45, 2.75) is 50.7 Å². The first kappa shape index (κ1) is 21.6. The molecule has 0 aliphatic carbocycles. The molecule has 5 N–H and O–H groups in total. The predicted molar refractivity (Wildman–Crippen MR) is 112 cm³/mol. The van der Waals surface area contributed by atoms with E-state index in [0.29, 0.717) is 27.8 Å². The molecule has 12 nitrogen and oxygen atoms in total. The van der Waals surface area contributed by atoms with Crippen LogP contribution in [0.2, 0.25) is 5.15 Å². The summed E-state index contributed by atoms with van der Waals surface area (Å²) in [4.78, 5) is 20.0. The highest BCUT2D eigenvalue weighted by molar-refractivity contribution is 6.31. The summed E-state index contributed by atoms with van der Waals surface area (Å²) < 4.78 is 7.02. The van der Waals surface area contributed by atoms with Crippen LogP contribution in [0.1, 0.15) is 37.5 Å². The van der Waals surface area contributed by atoms with Crippen molar-refractivity contribution in [1.82, 2.24) is 29.5 Å². The highest BCUT2D eigenvalue weighted by Crippen LogP contribution is 2.32. The fraction of sp³-hybridized carbons (Fsp3) is 0.500. The zero-order chi connectivity index (χ0) is 22.0. The first-order valence-corrected chi connectivity index (χ1v) is 10.2. The second-order valence-corrected chi connectivity index (χ2v) is 7.51. The highest BCUT2D eigenvalue weighted by atomic mass is 35.5. The molecule has 0 amide bonds. The second kappa shape index (κ2) is 9.24. The average Bonchev–Trinajstić information content (AvgIpc) is 3.43. The molecule has 31 heavy (non-hydrogen) atoms. The quantitative estimate of drug-likeness (QED) is 0.244. The molecule has 4 atom stereocenters. The fourth-order valence-corrected chi connectivity index (χ4v) is 3.55. The molecule has 4 rings (SSSR count). The lowest BCUT2D eigenvalue weighted by Gasteiger charge is -2.16. The Balaban J connectivity index is 1.52. The first-order chi connectivity index (χ1) is 15.0. The molecule has 0 bridgehead atoms. The van der Waals surface area contributed by atoms with Crippen molar-refractivity contribution in [2.75, 3.05) is 12.0 Å². The zero-order valence-electron chi connectivity index (χ0n) is 16.7. The third-order valence-electron chi connectivity index (χ3n) is 5.01. The van der Waals surface area contributed by atoms with Gasteiger partial charge in [-0.2, -0.15) is 5.10 Å². The Bertz CT molecular complexity index is 1070. The molecule has 0 radical (unpaired) electrons. The van der Waals surface area contributed by atoms with Crippen molar-refractivity contribution >= 4 is 34.8 Å². The van der Waals surface area contributed by atoms with Gasteiger partial charge >= 0.3 is 0 Å². The number of nitrogens with one attached hydrogen (secondary N) is 2. The largest absolute Gasteiger partial charge is 0.394 e. The van der Waals surface area contributed by atoms with Crippen LogP contribution < -0.4 is 5.43 Å². The highest BCUT2D eigenvalue weighted by Gasteiger charge is 2.44. The third-order valence-corrected chi connectivity index (χ3v) is 5.30. The molecule has 3 aromatic rings. The van der Waals surface area contributed by atoms with Crippen LogP contribution in [-0.2, 0) is 11.2 Å². The number of ether oxygens (including phenoxy) is 1. The van der Waals surface area contributed by atoms with E-state index in [-0.39, 0.29) is 0 Å². The summed E-state index contributed by atoms with van der Waals surface area (Å²) in [7, 11) is 0. The van der Waals surface area contributed by atoms with Gasteiger partial charge in [0.15, 0.2) is 23.2 Å². The molecule has 1 saturated heterocycles. The summed E-state index contributed by atoms with van der Waals surface area (Å²) in [5.41, 5.74) is 4.05. The number of hydrogen-bond donors (Lipinski definition) is 5. The van der Waals surface area contributed by atoms with Gasteiger partial charge in [0, 0.05) is 6.42 Å². The van der Waals surface area contributed by atoms with Gasteiger partial charge in [-0.05, 0) is 6.42 Å². The zero-order valence-corrected chi connectivity index (χ0v) is 17.4. The lowest BCUT2D eigenvalue weighted by molar-refractivity contribution is -0.0511. The monoisotopic (exact) mass is 450 g/mol. The molecule has 2 unspecified atom stereocenters. The number of imidazole rings is 2. The van der Waals surface area contributed by atoms with Crippen LogP contribution in [0.4, 0.5) is 5.82 Å². The maximum atomic E-state index is 10.3. The number of H-pyrrole nitrogens is 1. The SMILES string of the molecule is CCCCc1nc(/C=N/Nc2ncnc3c2ncn3[C@@H]2O[C@H](CO)C(O)C2O)c(Cl)[nH]1. The van der Waals surface area contributed by atoms with E-state index in [1.165, 1.54) is 23.4 Å². The van der Waals surface area contributed by atoms with E-state index >= 15 is 0 Å². The summed E-state index contributed by atoms with van der Waals surface area (Å²) in [6, 6.07) is 0. The molecule has 3 aromatic heterocycles.